The fourth-order valence-corrected chi connectivity index (χ4v) is 11.5. The molecule has 1 aromatic heterocycles. The molecule has 12 heteroatoms. The third kappa shape index (κ3) is 9.24. The van der Waals surface area contributed by atoms with Crippen molar-refractivity contribution >= 4 is 40.1 Å². The largest absolute Gasteiger partial charge is 0.489 e. The van der Waals surface area contributed by atoms with E-state index in [1.54, 1.807) is 24.5 Å². The van der Waals surface area contributed by atoms with Gasteiger partial charge >= 0.3 is 0 Å². The Balaban J connectivity index is 0.000000177. The molecule has 10 nitrogen and oxygen atoms in total. The molecule has 2 saturated carbocycles. The van der Waals surface area contributed by atoms with Crippen molar-refractivity contribution in [2.24, 2.45) is 34.1 Å². The minimum atomic E-state index is -0.730. The fourth-order valence-electron chi connectivity index (χ4n) is 11.0. The van der Waals surface area contributed by atoms with Gasteiger partial charge in [-0.15, -0.1) is 0 Å². The predicted molar refractivity (Wildman–Crippen MR) is 232 cm³/mol. The van der Waals surface area contributed by atoms with Crippen LogP contribution in [0.15, 0.2) is 47.5 Å². The zero-order chi connectivity index (χ0) is 40.9. The summed E-state index contributed by atoms with van der Waals surface area (Å²) < 4.78 is 23.9. The molecule has 3 atom stereocenters. The van der Waals surface area contributed by atoms with Gasteiger partial charge in [0.25, 0.3) is 5.56 Å². The maximum atomic E-state index is 12.0. The number of halogens is 2. The highest BCUT2D eigenvalue weighted by molar-refractivity contribution is 6.33. The van der Waals surface area contributed by atoms with Crippen molar-refractivity contribution in [3.05, 3.63) is 74.3 Å². The van der Waals surface area contributed by atoms with Crippen LogP contribution in [0.25, 0.3) is 16.8 Å². The number of nitrogens with one attached hydrogen (secondary N) is 2. The lowest BCUT2D eigenvalue weighted by Crippen LogP contribution is -2.51. The maximum Gasteiger partial charge on any atom is 0.255 e. The number of aliphatic hydroxyl groups excluding tert-OH is 1. The average Bonchev–Trinajstić information content (AvgIpc) is 3.26. The Morgan fingerprint density at radius 3 is 1.79 bits per heavy atom. The maximum absolute atomic E-state index is 12.0. The molecular weight excluding hydrogens is 775 g/mol. The van der Waals surface area contributed by atoms with Crippen LogP contribution in [0.5, 0.6) is 11.5 Å². The second kappa shape index (κ2) is 19.3. The standard InChI is InChI=1S/C23H33ClN2O3.C23H31ClN2O3/c2*1-2-21(25)23(16-6-11-28-12-7-16)8-3-17(4-9-23)29-20-13-15-5-10-26-22(27)18(15)14-19(20)24/h5,10,13-14,16-17,21-22,26-27H,2-4,6-9,11-12,25H2,1H3;5,10,13-14,16-17,21H,2-4,6-9,11-12,25H2,1H3,(H,26,27). The highest BCUT2D eigenvalue weighted by atomic mass is 35.5. The molecule has 2 saturated heterocycles. The summed E-state index contributed by atoms with van der Waals surface area (Å²) in [6, 6.07) is 9.65. The molecule has 2 aromatic carbocycles. The van der Waals surface area contributed by atoms with Crippen LogP contribution >= 0.6 is 23.2 Å². The average molecular weight is 840 g/mol. The molecule has 4 heterocycles. The minimum absolute atomic E-state index is 0.129. The van der Waals surface area contributed by atoms with Crippen LogP contribution in [0, 0.1) is 22.7 Å². The molecular formula is C46H64Cl2N4O6. The van der Waals surface area contributed by atoms with E-state index in [0.717, 1.165) is 133 Å². The van der Waals surface area contributed by atoms with Crippen LogP contribution < -0.4 is 31.8 Å². The fraction of sp³-hybridized carbons (Fsp3) is 0.630. The summed E-state index contributed by atoms with van der Waals surface area (Å²) in [7, 11) is 0. The van der Waals surface area contributed by atoms with Gasteiger partial charge in [-0.1, -0.05) is 37.0 Å². The molecule has 8 rings (SSSR count). The van der Waals surface area contributed by atoms with Gasteiger partial charge in [-0.2, -0.15) is 0 Å². The highest BCUT2D eigenvalue weighted by Gasteiger charge is 2.47. The Hall–Kier alpha value is -2.83. The molecule has 0 amide bonds. The van der Waals surface area contributed by atoms with Crippen LogP contribution in [-0.2, 0) is 9.47 Å². The molecule has 0 spiro atoms. The number of aliphatic hydroxyl groups is 1. The number of hydrogen-bond donors (Lipinski definition) is 5. The summed E-state index contributed by atoms with van der Waals surface area (Å²) in [5.74, 6) is 2.65. The third-order valence-corrected chi connectivity index (χ3v) is 15.1. The number of ether oxygens (including phenoxy) is 4. The van der Waals surface area contributed by atoms with E-state index < -0.39 is 6.23 Å². The molecule has 7 N–H and O–H groups in total. The van der Waals surface area contributed by atoms with E-state index in [2.05, 4.69) is 24.1 Å². The van der Waals surface area contributed by atoms with Crippen molar-refractivity contribution in [3.8, 4) is 11.5 Å². The normalized spacial score (nSPS) is 29.1. The minimum Gasteiger partial charge on any atom is -0.489 e. The number of pyridine rings is 1. The quantitative estimate of drug-likeness (QED) is 0.135. The van der Waals surface area contributed by atoms with Crippen LogP contribution in [0.4, 0.5) is 0 Å². The number of H-pyrrole nitrogens is 1. The first-order chi connectivity index (χ1) is 28.1. The Labute approximate surface area is 353 Å². The zero-order valence-electron chi connectivity index (χ0n) is 34.3. The van der Waals surface area contributed by atoms with Crippen molar-refractivity contribution in [1.29, 1.82) is 0 Å². The molecule has 4 fully saturated rings. The van der Waals surface area contributed by atoms with Crippen LogP contribution in [0.1, 0.15) is 121 Å². The molecule has 3 aliphatic heterocycles. The number of benzene rings is 2. The van der Waals surface area contributed by atoms with E-state index in [-0.39, 0.29) is 40.7 Å². The summed E-state index contributed by atoms with van der Waals surface area (Å²) in [5, 5.41) is 15.4. The summed E-state index contributed by atoms with van der Waals surface area (Å²) in [5.41, 5.74) is 15.3. The smallest absolute Gasteiger partial charge is 0.255 e. The van der Waals surface area contributed by atoms with Gasteiger partial charge in [-0.05, 0) is 166 Å². The first kappa shape index (κ1) is 43.3. The van der Waals surface area contributed by atoms with Gasteiger partial charge in [0.15, 0.2) is 6.23 Å². The summed E-state index contributed by atoms with van der Waals surface area (Å²) >= 11 is 12.9. The Kier molecular flexibility index (Phi) is 14.4. The molecule has 5 aliphatic rings. The van der Waals surface area contributed by atoms with Crippen molar-refractivity contribution in [2.75, 3.05) is 26.4 Å². The lowest BCUT2D eigenvalue weighted by atomic mass is 9.59. The van der Waals surface area contributed by atoms with Gasteiger partial charge in [0, 0.05) is 55.7 Å². The van der Waals surface area contributed by atoms with E-state index in [1.807, 2.05) is 24.3 Å². The number of nitrogens with two attached hydrogens (primary N) is 2. The monoisotopic (exact) mass is 838 g/mol. The Bertz CT molecular complexity index is 1910. The lowest BCUT2D eigenvalue weighted by Gasteiger charge is -2.50. The lowest BCUT2D eigenvalue weighted by molar-refractivity contribution is -0.0398. The van der Waals surface area contributed by atoms with Gasteiger partial charge in [-0.25, -0.2) is 0 Å². The molecule has 58 heavy (non-hydrogen) atoms. The first-order valence-corrected chi connectivity index (χ1v) is 22.6. The van der Waals surface area contributed by atoms with Crippen LogP contribution in [0.3, 0.4) is 0 Å². The second-order valence-electron chi connectivity index (χ2n) is 17.4. The topological polar surface area (TPSA) is 154 Å². The number of fused-ring (bicyclic) bond motifs is 2. The predicted octanol–water partition coefficient (Wildman–Crippen LogP) is 9.03. The number of aromatic nitrogens is 1. The molecule has 3 unspecified atom stereocenters. The molecule has 318 valence electrons. The highest BCUT2D eigenvalue weighted by Crippen LogP contribution is 2.51. The molecule has 0 radical (unpaired) electrons. The van der Waals surface area contributed by atoms with Gasteiger partial charge in [0.2, 0.25) is 0 Å². The number of aromatic amines is 1. The van der Waals surface area contributed by atoms with E-state index >= 15 is 0 Å². The number of hydrogen-bond acceptors (Lipinski definition) is 9. The van der Waals surface area contributed by atoms with Crippen molar-refractivity contribution < 1.29 is 24.1 Å². The second-order valence-corrected chi connectivity index (χ2v) is 18.2. The van der Waals surface area contributed by atoms with Crippen LogP contribution in [-0.4, -0.2) is 60.8 Å². The molecule has 2 aliphatic carbocycles. The van der Waals surface area contributed by atoms with Gasteiger partial charge in [0.05, 0.1) is 22.3 Å². The third-order valence-electron chi connectivity index (χ3n) is 14.5. The van der Waals surface area contributed by atoms with Gasteiger partial charge in [0.1, 0.15) is 11.5 Å². The van der Waals surface area contributed by atoms with Crippen molar-refractivity contribution in [3.63, 3.8) is 0 Å². The van der Waals surface area contributed by atoms with E-state index in [0.29, 0.717) is 38.8 Å². The number of rotatable bonds is 10. The molecule has 3 aromatic rings. The SMILES string of the molecule is CCC(N)C1(C2CCOCC2)CCC(Oc2cc3c(cc2Cl)C(O)NC=C3)CC1.CCC(N)C1(C2CCOCC2)CCC(Oc2cc3cc[nH]c(=O)c3cc2Cl)CC1. The van der Waals surface area contributed by atoms with E-state index in [4.69, 9.17) is 53.6 Å². The molecule has 0 bridgehead atoms. The van der Waals surface area contributed by atoms with Crippen molar-refractivity contribution in [1.82, 2.24) is 10.3 Å². The first-order valence-electron chi connectivity index (χ1n) is 21.8. The summed E-state index contributed by atoms with van der Waals surface area (Å²) in [6.07, 6.45) is 19.7. The van der Waals surface area contributed by atoms with Crippen molar-refractivity contribution in [2.45, 2.75) is 134 Å². The summed E-state index contributed by atoms with van der Waals surface area (Å²) in [6.45, 7) is 7.84. The van der Waals surface area contributed by atoms with Gasteiger partial charge in [-0.3, -0.25) is 4.79 Å². The van der Waals surface area contributed by atoms with Gasteiger partial charge < -0.3 is 45.8 Å². The van der Waals surface area contributed by atoms with E-state index in [9.17, 15) is 9.90 Å². The Morgan fingerprint density at radius 2 is 1.28 bits per heavy atom. The van der Waals surface area contributed by atoms with E-state index in [1.165, 1.54) is 0 Å². The van der Waals surface area contributed by atoms with Crippen LogP contribution in [0.2, 0.25) is 10.0 Å². The summed E-state index contributed by atoms with van der Waals surface area (Å²) in [4.78, 5) is 14.7. The zero-order valence-corrected chi connectivity index (χ0v) is 35.8. The Morgan fingerprint density at radius 1 is 0.776 bits per heavy atom.